The van der Waals surface area contributed by atoms with Crippen molar-refractivity contribution in [1.29, 1.82) is 0 Å². The lowest BCUT2D eigenvalue weighted by Gasteiger charge is -2.32. The van der Waals surface area contributed by atoms with Gasteiger partial charge in [0.2, 0.25) is 5.91 Å². The lowest BCUT2D eigenvalue weighted by atomic mass is 10.1. The minimum atomic E-state index is -0.197. The van der Waals surface area contributed by atoms with E-state index in [1.165, 1.54) is 20.9 Å². The number of quaternary nitrogens is 2. The summed E-state index contributed by atoms with van der Waals surface area (Å²) < 4.78 is 0. The zero-order valence-corrected chi connectivity index (χ0v) is 16.5. The molecule has 0 radical (unpaired) electrons. The van der Waals surface area contributed by atoms with Crippen molar-refractivity contribution in [2.75, 3.05) is 26.2 Å². The van der Waals surface area contributed by atoms with Gasteiger partial charge in [-0.3, -0.25) is 14.5 Å². The van der Waals surface area contributed by atoms with E-state index in [1.807, 2.05) is 30.3 Å². The number of imide groups is 1. The van der Waals surface area contributed by atoms with Crippen LogP contribution in [-0.4, -0.2) is 48.9 Å². The standard InChI is InChI=1S/C23H27N3O2/c1-18-6-5-9-20(14-18)16-24-10-12-25(13-11-24)21-15-22(27)26(23(21)28)17-19-7-3-2-4-8-19/h2-9,14,21H,10-13,15-17H2,1H3/p+2/t21-/m0/s1. The van der Waals surface area contributed by atoms with Crippen molar-refractivity contribution in [3.63, 3.8) is 0 Å². The minimum absolute atomic E-state index is 0.00554. The van der Waals surface area contributed by atoms with Crippen molar-refractivity contribution in [3.8, 4) is 0 Å². The van der Waals surface area contributed by atoms with Crippen LogP contribution < -0.4 is 9.80 Å². The summed E-state index contributed by atoms with van der Waals surface area (Å²) in [5.41, 5.74) is 3.68. The highest BCUT2D eigenvalue weighted by atomic mass is 16.2. The molecule has 5 heteroatoms. The van der Waals surface area contributed by atoms with E-state index in [0.717, 1.165) is 38.3 Å². The number of aryl methyl sites for hydroxylation is 1. The highest BCUT2D eigenvalue weighted by Crippen LogP contribution is 2.15. The average Bonchev–Trinajstić information content (AvgIpc) is 2.98. The van der Waals surface area contributed by atoms with Crippen molar-refractivity contribution in [2.24, 2.45) is 0 Å². The topological polar surface area (TPSA) is 46.3 Å². The lowest BCUT2D eigenvalue weighted by Crippen LogP contribution is -3.29. The van der Waals surface area contributed by atoms with Crippen molar-refractivity contribution in [3.05, 3.63) is 71.3 Å². The van der Waals surface area contributed by atoms with Crippen LogP contribution in [0.5, 0.6) is 0 Å². The third kappa shape index (κ3) is 4.16. The monoisotopic (exact) mass is 379 g/mol. The van der Waals surface area contributed by atoms with Gasteiger partial charge in [0.1, 0.15) is 32.7 Å². The molecule has 2 fully saturated rings. The number of hydrogen-bond donors (Lipinski definition) is 2. The Kier molecular flexibility index (Phi) is 5.55. The number of nitrogens with zero attached hydrogens (tertiary/aromatic N) is 1. The molecule has 0 aromatic heterocycles. The fourth-order valence-corrected chi connectivity index (χ4v) is 4.49. The molecule has 2 aliphatic rings. The largest absolute Gasteiger partial charge is 0.322 e. The molecule has 2 aromatic rings. The molecular weight excluding hydrogens is 350 g/mol. The molecule has 2 heterocycles. The normalized spacial score (nSPS) is 25.3. The molecule has 0 unspecified atom stereocenters. The predicted octanol–water partition coefficient (Wildman–Crippen LogP) is -0.394. The van der Waals surface area contributed by atoms with Gasteiger partial charge in [-0.05, 0) is 12.5 Å². The molecule has 0 aliphatic carbocycles. The molecule has 2 N–H and O–H groups in total. The number of hydrogen-bond acceptors (Lipinski definition) is 2. The van der Waals surface area contributed by atoms with Crippen molar-refractivity contribution in [2.45, 2.75) is 32.5 Å². The van der Waals surface area contributed by atoms with E-state index < -0.39 is 0 Å². The number of carbonyl (C=O) groups is 2. The molecule has 1 atom stereocenters. The molecule has 4 rings (SSSR count). The predicted molar refractivity (Wildman–Crippen MR) is 107 cm³/mol. The summed E-state index contributed by atoms with van der Waals surface area (Å²) in [5.74, 6) is -0.0214. The summed E-state index contributed by atoms with van der Waals surface area (Å²) in [4.78, 5) is 29.7. The van der Waals surface area contributed by atoms with E-state index >= 15 is 0 Å². The van der Waals surface area contributed by atoms with Gasteiger partial charge < -0.3 is 9.80 Å². The van der Waals surface area contributed by atoms with Crippen LogP contribution in [0.1, 0.15) is 23.1 Å². The Morgan fingerprint density at radius 3 is 2.36 bits per heavy atom. The molecule has 0 saturated carbocycles. The zero-order chi connectivity index (χ0) is 19.5. The maximum atomic E-state index is 12.9. The molecular formula is C23H29N3O2+2. The first-order valence-corrected chi connectivity index (χ1v) is 10.2. The Bertz CT molecular complexity index is 844. The van der Waals surface area contributed by atoms with Crippen molar-refractivity contribution < 1.29 is 19.4 Å². The molecule has 2 amide bonds. The quantitative estimate of drug-likeness (QED) is 0.695. The smallest absolute Gasteiger partial charge is 0.288 e. The van der Waals surface area contributed by atoms with Gasteiger partial charge >= 0.3 is 0 Å². The van der Waals surface area contributed by atoms with E-state index in [2.05, 4.69) is 31.2 Å². The third-order valence-electron chi connectivity index (χ3n) is 6.06. The number of likely N-dealkylation sites (tertiary alicyclic amines) is 1. The third-order valence-corrected chi connectivity index (χ3v) is 6.06. The van der Waals surface area contributed by atoms with Crippen LogP contribution in [0, 0.1) is 6.92 Å². The average molecular weight is 380 g/mol. The number of rotatable bonds is 5. The summed E-state index contributed by atoms with van der Waals surface area (Å²) >= 11 is 0. The maximum Gasteiger partial charge on any atom is 0.288 e. The number of carbonyl (C=O) groups excluding carboxylic acids is 2. The first-order valence-electron chi connectivity index (χ1n) is 10.2. The van der Waals surface area contributed by atoms with Gasteiger partial charge in [0.25, 0.3) is 5.91 Å². The molecule has 2 saturated heterocycles. The number of nitrogens with one attached hydrogen (secondary N) is 2. The van der Waals surface area contributed by atoms with Gasteiger partial charge in [0, 0.05) is 5.56 Å². The fourth-order valence-electron chi connectivity index (χ4n) is 4.49. The number of piperazine rings is 1. The Morgan fingerprint density at radius 2 is 1.64 bits per heavy atom. The van der Waals surface area contributed by atoms with E-state index in [-0.39, 0.29) is 17.9 Å². The molecule has 5 nitrogen and oxygen atoms in total. The van der Waals surface area contributed by atoms with Gasteiger partial charge in [0.05, 0.1) is 13.0 Å². The summed E-state index contributed by atoms with van der Waals surface area (Å²) in [6, 6.07) is 18.3. The van der Waals surface area contributed by atoms with Gasteiger partial charge in [-0.15, -0.1) is 0 Å². The first-order chi connectivity index (χ1) is 13.6. The van der Waals surface area contributed by atoms with Crippen LogP contribution in [0.3, 0.4) is 0 Å². The molecule has 2 aliphatic heterocycles. The Hall–Kier alpha value is -2.50. The fraction of sp³-hybridized carbons (Fsp3) is 0.391. The minimum Gasteiger partial charge on any atom is -0.322 e. The Morgan fingerprint density at radius 1 is 0.929 bits per heavy atom. The lowest BCUT2D eigenvalue weighted by molar-refractivity contribution is -1.02. The summed E-state index contributed by atoms with van der Waals surface area (Å²) in [6.07, 6.45) is 0.355. The summed E-state index contributed by atoms with van der Waals surface area (Å²) in [6.45, 7) is 7.54. The van der Waals surface area contributed by atoms with Crippen LogP contribution in [0.15, 0.2) is 54.6 Å². The molecule has 28 heavy (non-hydrogen) atoms. The van der Waals surface area contributed by atoms with Crippen molar-refractivity contribution >= 4 is 11.8 Å². The molecule has 0 bridgehead atoms. The Labute approximate surface area is 166 Å². The van der Waals surface area contributed by atoms with E-state index in [4.69, 9.17) is 0 Å². The highest BCUT2D eigenvalue weighted by Gasteiger charge is 2.46. The van der Waals surface area contributed by atoms with Gasteiger partial charge in [0.15, 0.2) is 6.04 Å². The SMILES string of the molecule is Cc1cccc(C[NH+]2CC[NH+]([C@H]3CC(=O)N(Cc4ccccc4)C3=O)CC2)c1. The van der Waals surface area contributed by atoms with E-state index in [0.29, 0.717) is 13.0 Å². The second kappa shape index (κ2) is 8.25. The maximum absolute atomic E-state index is 12.9. The van der Waals surface area contributed by atoms with Gasteiger partial charge in [-0.1, -0.05) is 60.2 Å². The van der Waals surface area contributed by atoms with Gasteiger partial charge in [-0.25, -0.2) is 0 Å². The van der Waals surface area contributed by atoms with Crippen LogP contribution in [0.4, 0.5) is 0 Å². The van der Waals surface area contributed by atoms with Gasteiger partial charge in [-0.2, -0.15) is 0 Å². The number of benzene rings is 2. The second-order valence-electron chi connectivity index (χ2n) is 8.13. The second-order valence-corrected chi connectivity index (χ2v) is 8.13. The number of amides is 2. The van der Waals surface area contributed by atoms with E-state index in [1.54, 1.807) is 4.90 Å². The van der Waals surface area contributed by atoms with Crippen molar-refractivity contribution in [1.82, 2.24) is 4.90 Å². The Balaban J connectivity index is 1.33. The molecule has 2 aromatic carbocycles. The molecule has 146 valence electrons. The van der Waals surface area contributed by atoms with Crippen LogP contribution >= 0.6 is 0 Å². The van der Waals surface area contributed by atoms with Crippen LogP contribution in [-0.2, 0) is 22.7 Å². The van der Waals surface area contributed by atoms with Crippen LogP contribution in [0.25, 0.3) is 0 Å². The summed E-state index contributed by atoms with van der Waals surface area (Å²) in [7, 11) is 0. The zero-order valence-electron chi connectivity index (χ0n) is 16.5. The molecule has 0 spiro atoms. The van der Waals surface area contributed by atoms with E-state index in [9.17, 15) is 9.59 Å². The first kappa shape index (κ1) is 18.8. The van der Waals surface area contributed by atoms with Crippen LogP contribution in [0.2, 0.25) is 0 Å². The highest BCUT2D eigenvalue weighted by molar-refractivity contribution is 6.04. The summed E-state index contributed by atoms with van der Waals surface area (Å²) in [5, 5.41) is 0.